The highest BCUT2D eigenvalue weighted by Crippen LogP contribution is 2.41. The standard InChI is InChI=1S/C29H28S/c1-5-13-24(14-6-1)21-28(22-25-15-7-2-8-16-25)29(27-19-11-4-12-20-27)30-23-26-17-9-3-10-18-26/h1-20,28-29H,21-23H2. The van der Waals surface area contributed by atoms with Crippen LogP contribution < -0.4 is 0 Å². The zero-order chi connectivity index (χ0) is 20.4. The lowest BCUT2D eigenvalue weighted by molar-refractivity contribution is 0.508. The van der Waals surface area contributed by atoms with Crippen molar-refractivity contribution in [2.75, 3.05) is 0 Å². The van der Waals surface area contributed by atoms with Gasteiger partial charge in [0.05, 0.1) is 0 Å². The molecule has 30 heavy (non-hydrogen) atoms. The molecule has 0 saturated heterocycles. The van der Waals surface area contributed by atoms with Crippen LogP contribution in [0.3, 0.4) is 0 Å². The van der Waals surface area contributed by atoms with Crippen LogP contribution in [0, 0.1) is 5.92 Å². The Morgan fingerprint density at radius 3 is 1.33 bits per heavy atom. The van der Waals surface area contributed by atoms with Crippen LogP contribution in [-0.4, -0.2) is 0 Å². The molecule has 0 bridgehead atoms. The van der Waals surface area contributed by atoms with Gasteiger partial charge in [-0.05, 0) is 41.0 Å². The Bertz CT molecular complexity index is 940. The van der Waals surface area contributed by atoms with E-state index in [1.165, 1.54) is 22.3 Å². The molecule has 1 unspecified atom stereocenters. The third-order valence-corrected chi connectivity index (χ3v) is 7.03. The Kier molecular flexibility index (Phi) is 7.41. The highest BCUT2D eigenvalue weighted by Gasteiger charge is 2.24. The predicted molar refractivity (Wildman–Crippen MR) is 131 cm³/mol. The highest BCUT2D eigenvalue weighted by molar-refractivity contribution is 7.98. The SMILES string of the molecule is c1ccc(CSC(c2ccccc2)C(Cc2ccccc2)Cc2ccccc2)cc1. The van der Waals surface area contributed by atoms with Gasteiger partial charge in [0.2, 0.25) is 0 Å². The van der Waals surface area contributed by atoms with Gasteiger partial charge < -0.3 is 0 Å². The fourth-order valence-corrected chi connectivity index (χ4v) is 5.41. The lowest BCUT2D eigenvalue weighted by atomic mass is 9.87. The molecule has 0 radical (unpaired) electrons. The second-order valence-corrected chi connectivity index (χ2v) is 8.90. The third kappa shape index (κ3) is 5.87. The Labute approximate surface area is 185 Å². The summed E-state index contributed by atoms with van der Waals surface area (Å²) >= 11 is 2.07. The van der Waals surface area contributed by atoms with Gasteiger partial charge in [-0.15, -0.1) is 11.8 Å². The molecule has 4 aromatic rings. The molecule has 0 N–H and O–H groups in total. The van der Waals surface area contributed by atoms with Crippen LogP contribution in [0.1, 0.15) is 27.5 Å². The first-order valence-corrected chi connectivity index (χ1v) is 11.7. The Hall–Kier alpha value is -2.77. The van der Waals surface area contributed by atoms with Crippen LogP contribution >= 0.6 is 11.8 Å². The molecule has 1 atom stereocenters. The van der Waals surface area contributed by atoms with Gasteiger partial charge >= 0.3 is 0 Å². The summed E-state index contributed by atoms with van der Waals surface area (Å²) in [6, 6.07) is 43.8. The van der Waals surface area contributed by atoms with E-state index in [-0.39, 0.29) is 0 Å². The maximum atomic E-state index is 2.30. The van der Waals surface area contributed by atoms with Crippen molar-refractivity contribution in [1.82, 2.24) is 0 Å². The topological polar surface area (TPSA) is 0 Å². The molecule has 0 saturated carbocycles. The molecule has 1 heteroatoms. The summed E-state index contributed by atoms with van der Waals surface area (Å²) in [7, 11) is 0. The number of benzene rings is 4. The summed E-state index contributed by atoms with van der Waals surface area (Å²) in [5.74, 6) is 1.55. The van der Waals surface area contributed by atoms with E-state index in [4.69, 9.17) is 0 Å². The van der Waals surface area contributed by atoms with Crippen LogP contribution in [0.4, 0.5) is 0 Å². The fourth-order valence-electron chi connectivity index (χ4n) is 4.03. The van der Waals surface area contributed by atoms with Crippen molar-refractivity contribution in [3.8, 4) is 0 Å². The first-order valence-electron chi connectivity index (χ1n) is 10.7. The molecular weight excluding hydrogens is 380 g/mol. The van der Waals surface area contributed by atoms with Crippen molar-refractivity contribution in [1.29, 1.82) is 0 Å². The molecule has 0 heterocycles. The highest BCUT2D eigenvalue weighted by atomic mass is 32.2. The molecule has 4 rings (SSSR count). The minimum absolute atomic E-state index is 0.437. The van der Waals surface area contributed by atoms with Gasteiger partial charge in [0.1, 0.15) is 0 Å². The van der Waals surface area contributed by atoms with Gasteiger partial charge in [-0.25, -0.2) is 0 Å². The summed E-state index contributed by atoms with van der Waals surface area (Å²) in [5.41, 5.74) is 5.65. The molecular formula is C29H28S. The van der Waals surface area contributed by atoms with E-state index in [0.29, 0.717) is 11.2 Å². The summed E-state index contributed by atoms with van der Waals surface area (Å²) in [5, 5.41) is 0.437. The third-order valence-electron chi connectivity index (χ3n) is 5.51. The van der Waals surface area contributed by atoms with Gasteiger partial charge in [-0.2, -0.15) is 0 Å². The zero-order valence-corrected chi connectivity index (χ0v) is 18.0. The van der Waals surface area contributed by atoms with Crippen molar-refractivity contribution in [3.63, 3.8) is 0 Å². The van der Waals surface area contributed by atoms with Crippen LogP contribution in [0.15, 0.2) is 121 Å². The van der Waals surface area contributed by atoms with Crippen molar-refractivity contribution in [2.45, 2.75) is 23.8 Å². The molecule has 0 aliphatic rings. The van der Waals surface area contributed by atoms with Crippen molar-refractivity contribution < 1.29 is 0 Å². The Balaban J connectivity index is 1.63. The predicted octanol–water partition coefficient (Wildman–Crippen LogP) is 7.76. The van der Waals surface area contributed by atoms with Gasteiger partial charge in [0.15, 0.2) is 0 Å². The summed E-state index contributed by atoms with van der Waals surface area (Å²) < 4.78 is 0. The maximum Gasteiger partial charge on any atom is 0.0335 e. The number of hydrogen-bond donors (Lipinski definition) is 0. The van der Waals surface area contributed by atoms with E-state index in [9.17, 15) is 0 Å². The molecule has 0 aliphatic carbocycles. The lowest BCUT2D eigenvalue weighted by Crippen LogP contribution is -2.17. The summed E-state index contributed by atoms with van der Waals surface area (Å²) in [6.45, 7) is 0. The van der Waals surface area contributed by atoms with Gasteiger partial charge in [-0.1, -0.05) is 121 Å². The molecule has 0 aromatic heterocycles. The number of hydrogen-bond acceptors (Lipinski definition) is 1. The van der Waals surface area contributed by atoms with E-state index in [1.54, 1.807) is 0 Å². The molecule has 4 aromatic carbocycles. The van der Waals surface area contributed by atoms with Crippen LogP contribution in [-0.2, 0) is 18.6 Å². The van der Waals surface area contributed by atoms with E-state index in [0.717, 1.165) is 18.6 Å². The number of rotatable bonds is 9. The monoisotopic (exact) mass is 408 g/mol. The fraction of sp³-hybridized carbons (Fsp3) is 0.172. The first-order chi connectivity index (χ1) is 14.9. The molecule has 0 aliphatic heterocycles. The van der Waals surface area contributed by atoms with Gasteiger partial charge in [0.25, 0.3) is 0 Å². The molecule has 150 valence electrons. The van der Waals surface area contributed by atoms with Crippen molar-refractivity contribution in [3.05, 3.63) is 144 Å². The van der Waals surface area contributed by atoms with Crippen molar-refractivity contribution >= 4 is 11.8 Å². The lowest BCUT2D eigenvalue weighted by Gasteiger charge is -2.28. The normalized spacial score (nSPS) is 12.0. The van der Waals surface area contributed by atoms with Crippen LogP contribution in [0.25, 0.3) is 0 Å². The molecule has 0 nitrogen and oxygen atoms in total. The quantitative estimate of drug-likeness (QED) is 0.273. The minimum Gasteiger partial charge on any atom is -0.149 e. The smallest absolute Gasteiger partial charge is 0.0335 e. The zero-order valence-electron chi connectivity index (χ0n) is 17.2. The molecule has 0 fully saturated rings. The van der Waals surface area contributed by atoms with Crippen LogP contribution in [0.2, 0.25) is 0 Å². The molecule has 0 spiro atoms. The van der Waals surface area contributed by atoms with Crippen molar-refractivity contribution in [2.24, 2.45) is 5.92 Å². The average molecular weight is 409 g/mol. The molecule has 0 amide bonds. The Morgan fingerprint density at radius 1 is 0.467 bits per heavy atom. The second-order valence-electron chi connectivity index (χ2n) is 7.77. The summed E-state index contributed by atoms with van der Waals surface area (Å²) in [4.78, 5) is 0. The van der Waals surface area contributed by atoms with Gasteiger partial charge in [-0.3, -0.25) is 0 Å². The van der Waals surface area contributed by atoms with E-state index in [1.807, 2.05) is 0 Å². The maximum absolute atomic E-state index is 2.30. The minimum atomic E-state index is 0.437. The van der Waals surface area contributed by atoms with E-state index in [2.05, 4.69) is 133 Å². The van der Waals surface area contributed by atoms with Gasteiger partial charge in [0, 0.05) is 11.0 Å². The second kappa shape index (κ2) is 10.8. The Morgan fingerprint density at radius 2 is 0.867 bits per heavy atom. The van der Waals surface area contributed by atoms with E-state index < -0.39 is 0 Å². The van der Waals surface area contributed by atoms with Crippen LogP contribution in [0.5, 0.6) is 0 Å². The average Bonchev–Trinajstić information content (AvgIpc) is 2.82. The largest absolute Gasteiger partial charge is 0.149 e. The van der Waals surface area contributed by atoms with E-state index >= 15 is 0 Å². The summed E-state index contributed by atoms with van der Waals surface area (Å²) in [6.07, 6.45) is 2.16. The first kappa shape index (κ1) is 20.5. The number of thioether (sulfide) groups is 1.